The molecule has 0 atom stereocenters. The van der Waals surface area contributed by atoms with Crippen LogP contribution in [0.2, 0.25) is 0 Å². The average molecular weight is 308 g/mol. The van der Waals surface area contributed by atoms with Crippen molar-refractivity contribution in [2.24, 2.45) is 0 Å². The molecule has 1 saturated heterocycles. The molecule has 4 rings (SSSR count). The van der Waals surface area contributed by atoms with E-state index in [0.29, 0.717) is 0 Å². The summed E-state index contributed by atoms with van der Waals surface area (Å²) in [6, 6.07) is 8.89. The minimum Gasteiger partial charge on any atom is -0.341 e. The van der Waals surface area contributed by atoms with Gasteiger partial charge in [0.05, 0.1) is 5.69 Å². The van der Waals surface area contributed by atoms with Gasteiger partial charge in [0.15, 0.2) is 0 Å². The van der Waals surface area contributed by atoms with Gasteiger partial charge in [-0.05, 0) is 45.3 Å². The van der Waals surface area contributed by atoms with Crippen LogP contribution in [0.15, 0.2) is 24.3 Å². The van der Waals surface area contributed by atoms with Gasteiger partial charge in [0.2, 0.25) is 5.95 Å². The van der Waals surface area contributed by atoms with Crippen LogP contribution in [0.4, 0.5) is 5.95 Å². The van der Waals surface area contributed by atoms with Crippen molar-refractivity contribution in [1.29, 1.82) is 0 Å². The summed E-state index contributed by atoms with van der Waals surface area (Å²) >= 11 is 0. The Bertz CT molecular complexity index is 702. The molecule has 120 valence electrons. The number of aromatic nitrogens is 2. The summed E-state index contributed by atoms with van der Waals surface area (Å²) in [5.41, 5.74) is 6.37. The number of rotatable bonds is 4. The van der Waals surface area contributed by atoms with E-state index in [1.165, 1.54) is 35.2 Å². The summed E-state index contributed by atoms with van der Waals surface area (Å²) in [6.07, 6.45) is 4.68. The van der Waals surface area contributed by atoms with Gasteiger partial charge in [-0.15, -0.1) is 0 Å². The van der Waals surface area contributed by atoms with Crippen molar-refractivity contribution in [2.45, 2.75) is 32.2 Å². The van der Waals surface area contributed by atoms with Crippen molar-refractivity contribution in [3.8, 4) is 11.3 Å². The Balaban J connectivity index is 1.71. The summed E-state index contributed by atoms with van der Waals surface area (Å²) in [5.74, 6) is 0.935. The van der Waals surface area contributed by atoms with E-state index < -0.39 is 0 Å². The van der Waals surface area contributed by atoms with Gasteiger partial charge in [-0.2, -0.15) is 0 Å². The minimum atomic E-state index is 0.935. The van der Waals surface area contributed by atoms with Crippen LogP contribution in [0.25, 0.3) is 11.3 Å². The molecule has 0 amide bonds. The van der Waals surface area contributed by atoms with E-state index >= 15 is 0 Å². The quantitative estimate of drug-likeness (QED) is 0.869. The summed E-state index contributed by atoms with van der Waals surface area (Å²) in [6.45, 7) is 3.17. The van der Waals surface area contributed by atoms with Gasteiger partial charge in [0.1, 0.15) is 0 Å². The van der Waals surface area contributed by atoms with Crippen molar-refractivity contribution >= 4 is 5.95 Å². The van der Waals surface area contributed by atoms with E-state index in [2.05, 4.69) is 48.2 Å². The molecule has 1 aromatic heterocycles. The van der Waals surface area contributed by atoms with Gasteiger partial charge in [-0.3, -0.25) is 0 Å². The van der Waals surface area contributed by atoms with Crippen LogP contribution < -0.4 is 4.90 Å². The van der Waals surface area contributed by atoms with Gasteiger partial charge >= 0.3 is 0 Å². The fourth-order valence-corrected chi connectivity index (χ4v) is 3.45. The molecule has 0 unspecified atom stereocenters. The van der Waals surface area contributed by atoms with E-state index in [1.807, 2.05) is 0 Å². The van der Waals surface area contributed by atoms with Gasteiger partial charge in [-0.1, -0.05) is 24.3 Å². The molecule has 1 aliphatic carbocycles. The molecule has 0 spiro atoms. The van der Waals surface area contributed by atoms with Gasteiger partial charge in [0.25, 0.3) is 0 Å². The minimum absolute atomic E-state index is 0.935. The largest absolute Gasteiger partial charge is 0.341 e. The topological polar surface area (TPSA) is 32.3 Å². The third-order valence-corrected chi connectivity index (χ3v) is 4.79. The molecule has 2 heterocycles. The summed E-state index contributed by atoms with van der Waals surface area (Å²) in [4.78, 5) is 14.2. The molecule has 0 bridgehead atoms. The maximum absolute atomic E-state index is 4.93. The molecular weight excluding hydrogens is 284 g/mol. The molecule has 0 N–H and O–H groups in total. The predicted octanol–water partition coefficient (Wildman–Crippen LogP) is 2.90. The molecule has 1 fully saturated rings. The van der Waals surface area contributed by atoms with E-state index in [1.54, 1.807) is 0 Å². The van der Waals surface area contributed by atoms with Crippen LogP contribution in [0.3, 0.4) is 0 Å². The Labute approximate surface area is 138 Å². The lowest BCUT2D eigenvalue weighted by Crippen LogP contribution is -2.38. The number of anilines is 1. The fourth-order valence-electron chi connectivity index (χ4n) is 3.45. The number of hydrogen-bond acceptors (Lipinski definition) is 4. The molecule has 1 aromatic carbocycles. The Morgan fingerprint density at radius 3 is 2.43 bits per heavy atom. The molecule has 1 aliphatic heterocycles. The highest BCUT2D eigenvalue weighted by atomic mass is 15.3. The zero-order valence-corrected chi connectivity index (χ0v) is 14.0. The third kappa shape index (κ3) is 2.83. The van der Waals surface area contributed by atoms with Crippen LogP contribution in [0.5, 0.6) is 0 Å². The first-order valence-electron chi connectivity index (χ1n) is 8.59. The number of aryl methyl sites for hydroxylation is 1. The summed E-state index contributed by atoms with van der Waals surface area (Å²) in [5, 5.41) is 0. The average Bonchev–Trinajstić information content (AvgIpc) is 2.93. The number of nitrogens with zero attached hydrogens (tertiary/aromatic N) is 4. The Morgan fingerprint density at radius 2 is 1.78 bits per heavy atom. The summed E-state index contributed by atoms with van der Waals surface area (Å²) in [7, 11) is 4.20. The highest BCUT2D eigenvalue weighted by molar-refractivity contribution is 5.66. The predicted molar refractivity (Wildman–Crippen MR) is 93.7 cm³/mol. The lowest BCUT2D eigenvalue weighted by Gasteiger charge is -2.31. The maximum Gasteiger partial charge on any atom is 0.226 e. The molecule has 2 aliphatic rings. The van der Waals surface area contributed by atoms with Crippen molar-refractivity contribution in [3.63, 3.8) is 0 Å². The van der Waals surface area contributed by atoms with Crippen molar-refractivity contribution in [1.82, 2.24) is 14.9 Å². The smallest absolute Gasteiger partial charge is 0.226 e. The van der Waals surface area contributed by atoms with Gasteiger partial charge < -0.3 is 9.80 Å². The first-order valence-corrected chi connectivity index (χ1v) is 8.59. The molecule has 2 aromatic rings. The lowest BCUT2D eigenvalue weighted by molar-refractivity contribution is 0.402. The zero-order valence-electron chi connectivity index (χ0n) is 14.0. The third-order valence-electron chi connectivity index (χ3n) is 4.79. The first-order chi connectivity index (χ1) is 11.2. The number of fused-ring (bicyclic) bond motifs is 1. The normalized spacial score (nSPS) is 16.6. The monoisotopic (exact) mass is 308 g/mol. The van der Waals surface area contributed by atoms with Crippen molar-refractivity contribution < 1.29 is 0 Å². The SMILES string of the molecule is CN(C)Cc1ccc(-c2nc(N3CCC3)nc3c2CCC3)cc1. The highest BCUT2D eigenvalue weighted by Gasteiger charge is 2.24. The van der Waals surface area contributed by atoms with Crippen molar-refractivity contribution in [2.75, 3.05) is 32.1 Å². The number of benzene rings is 1. The maximum atomic E-state index is 4.93. The van der Waals surface area contributed by atoms with E-state index in [-0.39, 0.29) is 0 Å². The lowest BCUT2D eigenvalue weighted by atomic mass is 10.0. The molecular formula is C19H24N4. The van der Waals surface area contributed by atoms with E-state index in [4.69, 9.17) is 9.97 Å². The van der Waals surface area contributed by atoms with Crippen LogP contribution in [0, 0.1) is 0 Å². The second kappa shape index (κ2) is 5.93. The summed E-state index contributed by atoms with van der Waals surface area (Å²) < 4.78 is 0. The van der Waals surface area contributed by atoms with Crippen LogP contribution in [-0.2, 0) is 19.4 Å². The fraction of sp³-hybridized carbons (Fsp3) is 0.474. The number of hydrogen-bond donors (Lipinski definition) is 0. The second-order valence-electron chi connectivity index (χ2n) is 6.93. The molecule has 0 radical (unpaired) electrons. The Morgan fingerprint density at radius 1 is 1.00 bits per heavy atom. The standard InChI is InChI=1S/C19H24N4/c1-22(2)13-14-7-9-15(10-8-14)18-16-5-3-6-17(16)20-19(21-18)23-11-4-12-23/h7-10H,3-6,11-13H2,1-2H3. The van der Waals surface area contributed by atoms with Crippen LogP contribution in [-0.4, -0.2) is 42.1 Å². The first kappa shape index (κ1) is 14.6. The molecule has 4 heteroatoms. The van der Waals surface area contributed by atoms with Gasteiger partial charge in [0, 0.05) is 36.5 Å². The Kier molecular flexibility index (Phi) is 3.77. The Hall–Kier alpha value is -1.94. The molecule has 0 saturated carbocycles. The van der Waals surface area contributed by atoms with Crippen molar-refractivity contribution in [3.05, 3.63) is 41.1 Å². The van der Waals surface area contributed by atoms with E-state index in [0.717, 1.165) is 44.1 Å². The van der Waals surface area contributed by atoms with E-state index in [9.17, 15) is 0 Å². The van der Waals surface area contributed by atoms with Gasteiger partial charge in [-0.25, -0.2) is 9.97 Å². The molecule has 23 heavy (non-hydrogen) atoms. The second-order valence-corrected chi connectivity index (χ2v) is 6.93. The molecule has 4 nitrogen and oxygen atoms in total. The zero-order chi connectivity index (χ0) is 15.8. The highest BCUT2D eigenvalue weighted by Crippen LogP contribution is 2.32. The van der Waals surface area contributed by atoms with Crippen LogP contribution in [0.1, 0.15) is 29.7 Å². The van der Waals surface area contributed by atoms with Crippen LogP contribution >= 0.6 is 0 Å².